The van der Waals surface area contributed by atoms with Crippen molar-refractivity contribution >= 4 is 47.4 Å². The number of hydrogen-bond acceptors (Lipinski definition) is 12. The van der Waals surface area contributed by atoms with E-state index in [0.29, 0.717) is 24.8 Å². The molecule has 8 atom stereocenters. The monoisotopic (exact) mass is 806 g/mol. The van der Waals surface area contributed by atoms with Gasteiger partial charge >= 0.3 is 11.9 Å². The summed E-state index contributed by atoms with van der Waals surface area (Å²) >= 11 is 0. The second-order valence-electron chi connectivity index (χ2n) is 14.5. The Kier molecular flexibility index (Phi) is 19.3. The number of carboxylic acids is 2. The van der Waals surface area contributed by atoms with Gasteiger partial charge in [0.1, 0.15) is 42.0 Å². The SMILES string of the molecule is CC(N)C(=O)NC(CCC(=O)O)C(=O)N1CCCC1C(=O)NC(CCCCN)C(=O)NC(C(=O)NC(C(=O)NC(Cc1ccc(O)cc1)C(=O)O)C(C)C)C(C)O. The van der Waals surface area contributed by atoms with Gasteiger partial charge in [-0.2, -0.15) is 0 Å². The van der Waals surface area contributed by atoms with Gasteiger partial charge in [0, 0.05) is 19.4 Å². The highest BCUT2D eigenvalue weighted by Crippen LogP contribution is 2.21. The Morgan fingerprint density at radius 3 is 1.91 bits per heavy atom. The van der Waals surface area contributed by atoms with Crippen molar-refractivity contribution in [3.05, 3.63) is 29.8 Å². The lowest BCUT2D eigenvalue weighted by atomic mass is 10.00. The van der Waals surface area contributed by atoms with E-state index in [1.807, 2.05) is 0 Å². The summed E-state index contributed by atoms with van der Waals surface area (Å²) in [7, 11) is 0. The average Bonchev–Trinajstić information content (AvgIpc) is 3.64. The summed E-state index contributed by atoms with van der Waals surface area (Å²) in [6.07, 6.45) is -0.903. The number of aliphatic hydroxyl groups excluding tert-OH is 1. The number of phenols is 1. The second kappa shape index (κ2) is 23.0. The van der Waals surface area contributed by atoms with E-state index in [9.17, 15) is 58.8 Å². The number of aliphatic carboxylic acids is 2. The third-order valence-electron chi connectivity index (χ3n) is 9.39. The standard InChI is InChI=1S/C37H58N8O12/c1-19(2)29(34(53)42-26(37(56)57)18-22-10-12-23(47)13-11-22)43-35(54)30(21(4)46)44-32(51)24(8-5-6-16-38)40-33(52)27-9-7-17-45(27)36(55)25(14-15-28(48)49)41-31(50)20(3)39/h10-13,19-21,24-27,29-30,46-47H,5-9,14-18,38-39H2,1-4H3,(H,40,52)(H,41,50)(H,42,53)(H,43,54)(H,44,51)(H,48,49)(H,56,57). The average molecular weight is 807 g/mol. The molecule has 8 unspecified atom stereocenters. The predicted octanol–water partition coefficient (Wildman–Crippen LogP) is -2.19. The van der Waals surface area contributed by atoms with Crippen LogP contribution in [-0.4, -0.2) is 134 Å². The number of rotatable bonds is 23. The number of aromatic hydroxyl groups is 1. The van der Waals surface area contributed by atoms with Gasteiger partial charge in [-0.3, -0.25) is 33.6 Å². The molecule has 1 aliphatic heterocycles. The molecule has 0 bridgehead atoms. The van der Waals surface area contributed by atoms with Gasteiger partial charge < -0.3 is 63.4 Å². The topological polar surface area (TPSA) is 333 Å². The lowest BCUT2D eigenvalue weighted by Crippen LogP contribution is -2.62. The molecule has 6 amide bonds. The molecule has 1 aromatic rings. The molecule has 0 aliphatic carbocycles. The second-order valence-corrected chi connectivity index (χ2v) is 14.5. The first-order valence-electron chi connectivity index (χ1n) is 19.0. The van der Waals surface area contributed by atoms with Crippen LogP contribution in [0.4, 0.5) is 0 Å². The predicted molar refractivity (Wildman–Crippen MR) is 204 cm³/mol. The zero-order valence-electron chi connectivity index (χ0n) is 32.7. The van der Waals surface area contributed by atoms with Crippen LogP contribution in [0.25, 0.3) is 0 Å². The number of phenolic OH excluding ortho intramolecular Hbond substituents is 1. The van der Waals surface area contributed by atoms with Crippen LogP contribution < -0.4 is 38.1 Å². The molecule has 0 radical (unpaired) electrons. The molecule has 318 valence electrons. The number of carbonyl (C=O) groups excluding carboxylic acids is 6. The Morgan fingerprint density at radius 1 is 0.772 bits per heavy atom. The number of likely N-dealkylation sites (tertiary alicyclic amines) is 1. The molecule has 20 nitrogen and oxygen atoms in total. The Bertz CT molecular complexity index is 1570. The smallest absolute Gasteiger partial charge is 0.326 e. The molecular formula is C37H58N8O12. The summed E-state index contributed by atoms with van der Waals surface area (Å²) in [5, 5.41) is 51.6. The molecular weight excluding hydrogens is 748 g/mol. The van der Waals surface area contributed by atoms with E-state index in [4.69, 9.17) is 11.5 Å². The minimum Gasteiger partial charge on any atom is -0.508 e. The number of carboxylic acid groups (broad SMARTS) is 2. The normalized spacial score (nSPS) is 17.5. The van der Waals surface area contributed by atoms with Gasteiger partial charge in [-0.25, -0.2) is 4.79 Å². The van der Waals surface area contributed by atoms with Crippen molar-refractivity contribution in [1.82, 2.24) is 31.5 Å². The number of carbonyl (C=O) groups is 8. The minimum absolute atomic E-state index is 0.0282. The van der Waals surface area contributed by atoms with Gasteiger partial charge in [-0.1, -0.05) is 26.0 Å². The molecule has 13 N–H and O–H groups in total. The largest absolute Gasteiger partial charge is 0.508 e. The van der Waals surface area contributed by atoms with Gasteiger partial charge in [0.05, 0.1) is 12.1 Å². The number of unbranched alkanes of at least 4 members (excludes halogenated alkanes) is 1. The van der Waals surface area contributed by atoms with E-state index in [2.05, 4.69) is 26.6 Å². The van der Waals surface area contributed by atoms with E-state index < -0.39 is 108 Å². The minimum atomic E-state index is -1.64. The summed E-state index contributed by atoms with van der Waals surface area (Å²) in [5.41, 5.74) is 11.8. The van der Waals surface area contributed by atoms with Gasteiger partial charge in [-0.15, -0.1) is 0 Å². The summed E-state index contributed by atoms with van der Waals surface area (Å²) < 4.78 is 0. The molecule has 1 aromatic carbocycles. The van der Waals surface area contributed by atoms with Crippen LogP contribution in [0.1, 0.15) is 78.2 Å². The molecule has 1 aliphatic rings. The maximum Gasteiger partial charge on any atom is 0.326 e. The number of amides is 6. The van der Waals surface area contributed by atoms with Crippen molar-refractivity contribution in [2.24, 2.45) is 17.4 Å². The molecule has 0 aromatic heterocycles. The maximum absolute atomic E-state index is 13.7. The third-order valence-corrected chi connectivity index (χ3v) is 9.39. The highest BCUT2D eigenvalue weighted by molar-refractivity contribution is 5.97. The van der Waals surface area contributed by atoms with E-state index in [1.54, 1.807) is 13.8 Å². The molecule has 20 heteroatoms. The zero-order chi connectivity index (χ0) is 43.0. The molecule has 0 saturated carbocycles. The van der Waals surface area contributed by atoms with E-state index >= 15 is 0 Å². The lowest BCUT2D eigenvalue weighted by Gasteiger charge is -2.31. The van der Waals surface area contributed by atoms with Gasteiger partial charge in [0.25, 0.3) is 0 Å². The summed E-state index contributed by atoms with van der Waals surface area (Å²) in [4.78, 5) is 105. The van der Waals surface area contributed by atoms with Crippen molar-refractivity contribution in [2.75, 3.05) is 13.1 Å². The van der Waals surface area contributed by atoms with Crippen LogP contribution in [0.2, 0.25) is 0 Å². The zero-order valence-corrected chi connectivity index (χ0v) is 32.7. The van der Waals surface area contributed by atoms with Crippen LogP contribution in [-0.2, 0) is 44.8 Å². The number of nitrogens with zero attached hydrogens (tertiary/aromatic N) is 1. The van der Waals surface area contributed by atoms with Crippen LogP contribution in [0.15, 0.2) is 24.3 Å². The third kappa shape index (κ3) is 15.3. The van der Waals surface area contributed by atoms with Crippen LogP contribution in [0, 0.1) is 5.92 Å². The summed E-state index contributed by atoms with van der Waals surface area (Å²) in [6.45, 7) is 6.18. The number of hydrogen-bond donors (Lipinski definition) is 11. The number of benzene rings is 1. The Labute approximate surface area is 330 Å². The Hall–Kier alpha value is -5.34. The first-order chi connectivity index (χ1) is 26.8. The van der Waals surface area contributed by atoms with Crippen molar-refractivity contribution < 1.29 is 58.8 Å². The fourth-order valence-corrected chi connectivity index (χ4v) is 6.13. The van der Waals surface area contributed by atoms with Gasteiger partial charge in [-0.05, 0) is 82.5 Å². The molecule has 0 spiro atoms. The molecule has 2 rings (SSSR count). The molecule has 1 saturated heterocycles. The van der Waals surface area contributed by atoms with Crippen molar-refractivity contribution in [1.29, 1.82) is 0 Å². The fraction of sp³-hybridized carbons (Fsp3) is 0.622. The molecule has 57 heavy (non-hydrogen) atoms. The van der Waals surface area contributed by atoms with Crippen LogP contribution in [0.5, 0.6) is 5.75 Å². The fourth-order valence-electron chi connectivity index (χ4n) is 6.13. The van der Waals surface area contributed by atoms with E-state index in [0.717, 1.165) is 0 Å². The van der Waals surface area contributed by atoms with Crippen molar-refractivity contribution in [3.63, 3.8) is 0 Å². The highest BCUT2D eigenvalue weighted by atomic mass is 16.4. The summed E-state index contributed by atoms with van der Waals surface area (Å²) in [6, 6.07) is -3.27. The molecule has 1 fully saturated rings. The lowest BCUT2D eigenvalue weighted by molar-refractivity contribution is -0.143. The summed E-state index contributed by atoms with van der Waals surface area (Å²) in [5.74, 6) is -7.96. The van der Waals surface area contributed by atoms with Gasteiger partial charge in [0.15, 0.2) is 0 Å². The van der Waals surface area contributed by atoms with Gasteiger partial charge in [0.2, 0.25) is 35.4 Å². The quantitative estimate of drug-likeness (QED) is 0.0524. The van der Waals surface area contributed by atoms with E-state index in [1.165, 1.54) is 43.0 Å². The first kappa shape index (κ1) is 47.8. The van der Waals surface area contributed by atoms with Crippen LogP contribution in [0.3, 0.4) is 0 Å². The maximum atomic E-state index is 13.7. The van der Waals surface area contributed by atoms with Crippen molar-refractivity contribution in [2.45, 2.75) is 127 Å². The van der Waals surface area contributed by atoms with E-state index in [-0.39, 0.29) is 44.5 Å². The van der Waals surface area contributed by atoms with Crippen molar-refractivity contribution in [3.8, 4) is 5.75 Å². The highest BCUT2D eigenvalue weighted by Gasteiger charge is 2.40. The number of nitrogens with two attached hydrogens (primary N) is 2. The Morgan fingerprint density at radius 2 is 1.37 bits per heavy atom. The number of aliphatic hydroxyl groups is 1. The first-order valence-corrected chi connectivity index (χ1v) is 19.0. The molecule has 1 heterocycles. The Balaban J connectivity index is 2.24. The van der Waals surface area contributed by atoms with Crippen LogP contribution >= 0.6 is 0 Å². The number of nitrogens with one attached hydrogen (secondary N) is 5.